The highest BCUT2D eigenvalue weighted by Crippen LogP contribution is 2.38. The maximum absolute atomic E-state index is 10.7. The molecule has 2 aliphatic rings. The molecule has 0 radical (unpaired) electrons. The van der Waals surface area contributed by atoms with E-state index in [9.17, 15) is 13.2 Å². The standard InChI is InChI=1S/C13H24S.CHF3O3S/c14-13(11-7-3-1-4-8-11)12-9-5-2-6-10-12;2-1(3,4)8(5,6)7/h11-14H,1-10H2;(H,5,6,7). The normalized spacial score (nSPS) is 22.3. The van der Waals surface area contributed by atoms with E-state index in [1.54, 1.807) is 0 Å². The molecular weight excluding hydrogens is 337 g/mol. The second kappa shape index (κ2) is 8.78. The molecule has 2 saturated carbocycles. The molecule has 3 nitrogen and oxygen atoms in total. The van der Waals surface area contributed by atoms with Crippen LogP contribution < -0.4 is 0 Å². The van der Waals surface area contributed by atoms with Crippen LogP contribution in [0.25, 0.3) is 0 Å². The summed E-state index contributed by atoms with van der Waals surface area (Å²) in [6.07, 6.45) is 14.7. The predicted molar refractivity (Wildman–Crippen MR) is 83.5 cm³/mol. The van der Waals surface area contributed by atoms with Gasteiger partial charge in [-0.05, 0) is 37.5 Å². The molecule has 0 heterocycles. The van der Waals surface area contributed by atoms with E-state index in [2.05, 4.69) is 0 Å². The van der Waals surface area contributed by atoms with Crippen LogP contribution in [-0.4, -0.2) is 23.7 Å². The first-order valence-corrected chi connectivity index (χ1v) is 9.80. The number of thiol groups is 1. The SMILES string of the molecule is O=S(=O)(O)C(F)(F)F.SC(C1CCCCC1)C1CCCCC1. The Kier molecular flexibility index (Phi) is 8.02. The van der Waals surface area contributed by atoms with Crippen molar-refractivity contribution in [3.05, 3.63) is 0 Å². The molecular formula is C14H25F3O3S2. The fourth-order valence-electron chi connectivity index (χ4n) is 3.34. The molecule has 1 N–H and O–H groups in total. The van der Waals surface area contributed by atoms with Crippen LogP contribution in [0.1, 0.15) is 64.2 Å². The molecule has 0 aromatic carbocycles. The minimum Gasteiger partial charge on any atom is -0.279 e. The highest BCUT2D eigenvalue weighted by Gasteiger charge is 2.44. The molecule has 0 aromatic heterocycles. The van der Waals surface area contributed by atoms with Gasteiger partial charge in [-0.2, -0.15) is 34.2 Å². The highest BCUT2D eigenvalue weighted by atomic mass is 32.2. The first kappa shape index (κ1) is 20.1. The van der Waals surface area contributed by atoms with Gasteiger partial charge in [-0.25, -0.2) is 0 Å². The number of rotatable bonds is 2. The Morgan fingerprint density at radius 2 is 1.14 bits per heavy atom. The lowest BCUT2D eigenvalue weighted by molar-refractivity contribution is -0.0510. The molecule has 0 bridgehead atoms. The van der Waals surface area contributed by atoms with E-state index in [-0.39, 0.29) is 0 Å². The van der Waals surface area contributed by atoms with Crippen molar-refractivity contribution in [2.45, 2.75) is 75.0 Å². The van der Waals surface area contributed by atoms with Gasteiger partial charge in [0.1, 0.15) is 0 Å². The second-order valence-corrected chi connectivity index (χ2v) is 8.22. The topological polar surface area (TPSA) is 54.4 Å². The Labute approximate surface area is 136 Å². The summed E-state index contributed by atoms with van der Waals surface area (Å²) in [7, 11) is -5.84. The number of hydrogen-bond donors (Lipinski definition) is 2. The maximum atomic E-state index is 10.7. The van der Waals surface area contributed by atoms with Gasteiger partial charge < -0.3 is 0 Å². The molecule has 0 spiro atoms. The molecule has 8 heteroatoms. The minimum atomic E-state index is -5.84. The zero-order valence-electron chi connectivity index (χ0n) is 12.6. The van der Waals surface area contributed by atoms with E-state index in [1.807, 2.05) is 0 Å². The Morgan fingerprint density at radius 3 is 1.36 bits per heavy atom. The van der Waals surface area contributed by atoms with E-state index in [0.29, 0.717) is 0 Å². The molecule has 0 aromatic rings. The summed E-state index contributed by atoms with van der Waals surface area (Å²) in [5, 5.41) is 0.732. The predicted octanol–water partition coefficient (Wildman–Crippen LogP) is 4.84. The van der Waals surface area contributed by atoms with Crippen LogP contribution in [0.5, 0.6) is 0 Å². The third-order valence-electron chi connectivity index (χ3n) is 4.56. The van der Waals surface area contributed by atoms with Crippen LogP contribution >= 0.6 is 12.6 Å². The maximum Gasteiger partial charge on any atom is 0.522 e. The first-order valence-electron chi connectivity index (χ1n) is 7.84. The van der Waals surface area contributed by atoms with Crippen LogP contribution in [0.2, 0.25) is 0 Å². The molecule has 0 saturated heterocycles. The molecule has 22 heavy (non-hydrogen) atoms. The van der Waals surface area contributed by atoms with Gasteiger partial charge in [-0.15, -0.1) is 0 Å². The van der Waals surface area contributed by atoms with Crippen LogP contribution in [0, 0.1) is 11.8 Å². The lowest BCUT2D eigenvalue weighted by atomic mass is 9.77. The Balaban J connectivity index is 0.000000261. The van der Waals surface area contributed by atoms with Crippen LogP contribution in [-0.2, 0) is 10.1 Å². The number of hydrogen-bond acceptors (Lipinski definition) is 3. The molecule has 2 fully saturated rings. The van der Waals surface area contributed by atoms with E-state index in [0.717, 1.165) is 17.1 Å². The van der Waals surface area contributed by atoms with Gasteiger partial charge in [0.2, 0.25) is 0 Å². The monoisotopic (exact) mass is 362 g/mol. The Hall–Kier alpha value is 0.0500. The Bertz CT molecular complexity index is 394. The van der Waals surface area contributed by atoms with E-state index in [1.165, 1.54) is 64.2 Å². The largest absolute Gasteiger partial charge is 0.522 e. The molecule has 0 atom stereocenters. The second-order valence-electron chi connectivity index (χ2n) is 6.21. The van der Waals surface area contributed by atoms with Gasteiger partial charge in [0.15, 0.2) is 0 Å². The zero-order valence-corrected chi connectivity index (χ0v) is 14.3. The summed E-state index contributed by atoms with van der Waals surface area (Å²) in [6.45, 7) is 0. The molecule has 0 unspecified atom stereocenters. The van der Waals surface area contributed by atoms with Crippen molar-refractivity contribution >= 4 is 22.7 Å². The van der Waals surface area contributed by atoms with Gasteiger partial charge in [-0.1, -0.05) is 38.5 Å². The smallest absolute Gasteiger partial charge is 0.279 e. The molecule has 2 aliphatic carbocycles. The molecule has 0 amide bonds. The lowest BCUT2D eigenvalue weighted by Gasteiger charge is -2.34. The van der Waals surface area contributed by atoms with E-state index < -0.39 is 15.6 Å². The van der Waals surface area contributed by atoms with Gasteiger partial charge in [-0.3, -0.25) is 4.55 Å². The third-order valence-corrected chi connectivity index (χ3v) is 5.99. The minimum absolute atomic E-state index is 0.732. The third kappa shape index (κ3) is 6.66. The van der Waals surface area contributed by atoms with Crippen molar-refractivity contribution in [3.63, 3.8) is 0 Å². The van der Waals surface area contributed by atoms with Gasteiger partial charge in [0, 0.05) is 5.25 Å². The Morgan fingerprint density at radius 1 is 0.864 bits per heavy atom. The van der Waals surface area contributed by atoms with Gasteiger partial charge >= 0.3 is 15.6 Å². The van der Waals surface area contributed by atoms with Crippen molar-refractivity contribution in [3.8, 4) is 0 Å². The summed E-state index contributed by atoms with van der Waals surface area (Å²) in [4.78, 5) is 0. The lowest BCUT2D eigenvalue weighted by Crippen LogP contribution is -2.27. The fraction of sp³-hybridized carbons (Fsp3) is 1.00. The van der Waals surface area contributed by atoms with Gasteiger partial charge in [0.05, 0.1) is 0 Å². The number of halogens is 3. The van der Waals surface area contributed by atoms with Crippen molar-refractivity contribution in [2.75, 3.05) is 0 Å². The fourth-order valence-corrected chi connectivity index (χ4v) is 3.93. The average Bonchev–Trinajstić information content (AvgIpc) is 2.47. The average molecular weight is 362 g/mol. The summed E-state index contributed by atoms with van der Waals surface area (Å²) in [6, 6.07) is 0. The van der Waals surface area contributed by atoms with Crippen LogP contribution in [0.3, 0.4) is 0 Å². The van der Waals surface area contributed by atoms with E-state index >= 15 is 0 Å². The highest BCUT2D eigenvalue weighted by molar-refractivity contribution is 7.86. The first-order chi connectivity index (χ1) is 10.1. The zero-order chi connectivity index (χ0) is 16.8. The van der Waals surface area contributed by atoms with Crippen LogP contribution in [0.4, 0.5) is 13.2 Å². The van der Waals surface area contributed by atoms with Crippen molar-refractivity contribution < 1.29 is 26.1 Å². The molecule has 0 aliphatic heterocycles. The van der Waals surface area contributed by atoms with Crippen LogP contribution in [0.15, 0.2) is 0 Å². The van der Waals surface area contributed by atoms with Gasteiger partial charge in [0.25, 0.3) is 0 Å². The summed E-state index contributed by atoms with van der Waals surface area (Å²) in [5.74, 6) is 1.91. The van der Waals surface area contributed by atoms with Crippen molar-refractivity contribution in [1.29, 1.82) is 0 Å². The van der Waals surface area contributed by atoms with E-state index in [4.69, 9.17) is 25.6 Å². The van der Waals surface area contributed by atoms with Crippen molar-refractivity contribution in [2.24, 2.45) is 11.8 Å². The summed E-state index contributed by atoms with van der Waals surface area (Å²) >= 11 is 4.92. The summed E-state index contributed by atoms with van der Waals surface area (Å²) < 4.78 is 57.5. The number of alkyl halides is 3. The quantitative estimate of drug-likeness (QED) is 0.420. The summed E-state index contributed by atoms with van der Waals surface area (Å²) in [5.41, 5.74) is -5.53. The molecule has 132 valence electrons. The van der Waals surface area contributed by atoms with Crippen molar-refractivity contribution in [1.82, 2.24) is 0 Å². The molecule has 2 rings (SSSR count).